The summed E-state index contributed by atoms with van der Waals surface area (Å²) in [6, 6.07) is 4.76. The minimum Gasteiger partial charge on any atom is -0.494 e. The van der Waals surface area contributed by atoms with Gasteiger partial charge in [0.25, 0.3) is 0 Å². The fourth-order valence-corrected chi connectivity index (χ4v) is 2.62. The van der Waals surface area contributed by atoms with E-state index in [1.165, 1.54) is 6.07 Å². The third-order valence-corrected chi connectivity index (χ3v) is 3.44. The summed E-state index contributed by atoms with van der Waals surface area (Å²) in [5.41, 5.74) is -0.233. The first-order chi connectivity index (χ1) is 8.72. The van der Waals surface area contributed by atoms with Crippen LogP contribution in [0.2, 0.25) is 0 Å². The van der Waals surface area contributed by atoms with E-state index in [2.05, 4.69) is 4.99 Å². The van der Waals surface area contributed by atoms with Crippen molar-refractivity contribution < 1.29 is 13.9 Å². The molecule has 0 saturated heterocycles. The summed E-state index contributed by atoms with van der Waals surface area (Å²) in [6.07, 6.45) is 4.91. The van der Waals surface area contributed by atoms with Crippen molar-refractivity contribution in [3.63, 3.8) is 0 Å². The fourth-order valence-electron chi connectivity index (χ4n) is 2.62. The van der Waals surface area contributed by atoms with Crippen LogP contribution in [0, 0.1) is 5.82 Å². The highest BCUT2D eigenvalue weighted by Crippen LogP contribution is 2.43. The van der Waals surface area contributed by atoms with Gasteiger partial charge in [0.2, 0.25) is 6.08 Å². The van der Waals surface area contributed by atoms with Crippen LogP contribution in [0.3, 0.4) is 0 Å². The highest BCUT2D eigenvalue weighted by Gasteiger charge is 2.37. The van der Waals surface area contributed by atoms with E-state index in [4.69, 9.17) is 4.74 Å². The molecule has 4 heteroatoms. The molecule has 1 aromatic rings. The highest BCUT2D eigenvalue weighted by atomic mass is 19.1. The van der Waals surface area contributed by atoms with Gasteiger partial charge in [0.15, 0.2) is 0 Å². The number of hydrogen-bond donors (Lipinski definition) is 0. The maximum absolute atomic E-state index is 14.1. The molecule has 0 aromatic heterocycles. The quantitative estimate of drug-likeness (QED) is 0.606. The maximum Gasteiger partial charge on any atom is 0.235 e. The van der Waals surface area contributed by atoms with Gasteiger partial charge in [-0.05, 0) is 31.9 Å². The van der Waals surface area contributed by atoms with Crippen molar-refractivity contribution >= 4 is 6.08 Å². The first-order valence-electron chi connectivity index (χ1n) is 6.24. The minimum absolute atomic E-state index is 0.359. The molecule has 1 fully saturated rings. The molecule has 96 valence electrons. The minimum atomic E-state index is -0.712. The second kappa shape index (κ2) is 5.32. The van der Waals surface area contributed by atoms with E-state index in [1.807, 2.05) is 6.92 Å². The van der Waals surface area contributed by atoms with Crippen molar-refractivity contribution in [1.29, 1.82) is 0 Å². The van der Waals surface area contributed by atoms with Gasteiger partial charge in [-0.3, -0.25) is 0 Å². The Kier molecular flexibility index (Phi) is 3.78. The van der Waals surface area contributed by atoms with Crippen molar-refractivity contribution in [1.82, 2.24) is 0 Å². The van der Waals surface area contributed by atoms with Crippen molar-refractivity contribution in [3.8, 4) is 5.75 Å². The molecule has 0 atom stereocenters. The lowest BCUT2D eigenvalue weighted by Crippen LogP contribution is -2.20. The van der Waals surface area contributed by atoms with Crippen LogP contribution < -0.4 is 4.74 Å². The Bertz CT molecular complexity index is 475. The Morgan fingerprint density at radius 3 is 2.72 bits per heavy atom. The summed E-state index contributed by atoms with van der Waals surface area (Å²) >= 11 is 0. The van der Waals surface area contributed by atoms with E-state index >= 15 is 0 Å². The van der Waals surface area contributed by atoms with Gasteiger partial charge in [-0.2, -0.15) is 4.99 Å². The molecule has 3 nitrogen and oxygen atoms in total. The molecule has 0 heterocycles. The van der Waals surface area contributed by atoms with Gasteiger partial charge in [0.1, 0.15) is 17.1 Å². The molecule has 0 N–H and O–H groups in total. The maximum atomic E-state index is 14.1. The van der Waals surface area contributed by atoms with Crippen LogP contribution >= 0.6 is 0 Å². The zero-order valence-corrected chi connectivity index (χ0v) is 10.4. The van der Waals surface area contributed by atoms with Crippen LogP contribution in [-0.2, 0) is 10.3 Å². The predicted octanol–water partition coefficient (Wildman–Crippen LogP) is 3.33. The summed E-state index contributed by atoms with van der Waals surface area (Å²) in [6.45, 7) is 2.34. The lowest BCUT2D eigenvalue weighted by atomic mass is 9.88. The van der Waals surface area contributed by atoms with Crippen LogP contribution in [-0.4, -0.2) is 12.7 Å². The Morgan fingerprint density at radius 2 is 2.17 bits per heavy atom. The number of rotatable bonds is 4. The summed E-state index contributed by atoms with van der Waals surface area (Å²) < 4.78 is 19.4. The molecule has 0 amide bonds. The van der Waals surface area contributed by atoms with Gasteiger partial charge < -0.3 is 4.74 Å². The summed E-state index contributed by atoms with van der Waals surface area (Å²) in [5.74, 6) is 0.142. The van der Waals surface area contributed by atoms with Crippen LogP contribution in [0.25, 0.3) is 0 Å². The zero-order valence-electron chi connectivity index (χ0n) is 10.4. The molecule has 0 radical (unpaired) electrons. The standard InChI is InChI=1S/C14H16FNO2/c1-2-18-11-5-6-12(13(15)9-11)14(16-10-17)7-3-4-8-14/h5-6,9H,2-4,7-8H2,1H3. The molecule has 1 aliphatic carbocycles. The van der Waals surface area contributed by atoms with Gasteiger partial charge in [-0.25, -0.2) is 9.18 Å². The largest absolute Gasteiger partial charge is 0.494 e. The number of benzene rings is 1. The van der Waals surface area contributed by atoms with Crippen molar-refractivity contribution in [2.24, 2.45) is 4.99 Å². The van der Waals surface area contributed by atoms with Crippen LogP contribution in [0.1, 0.15) is 38.2 Å². The van der Waals surface area contributed by atoms with E-state index in [0.29, 0.717) is 30.8 Å². The third-order valence-electron chi connectivity index (χ3n) is 3.44. The average molecular weight is 249 g/mol. The van der Waals surface area contributed by atoms with Crippen LogP contribution in [0.4, 0.5) is 4.39 Å². The van der Waals surface area contributed by atoms with Gasteiger partial charge in [-0.1, -0.05) is 12.8 Å². The number of carbonyl (C=O) groups excluding carboxylic acids is 1. The summed E-state index contributed by atoms with van der Waals surface area (Å²) in [5, 5.41) is 0. The Labute approximate surface area is 106 Å². The number of halogens is 1. The van der Waals surface area contributed by atoms with Crippen LogP contribution in [0.15, 0.2) is 23.2 Å². The van der Waals surface area contributed by atoms with Gasteiger partial charge in [-0.15, -0.1) is 0 Å². The third kappa shape index (κ3) is 2.29. The SMILES string of the molecule is CCOc1ccc(C2(N=C=O)CCCC2)c(F)c1. The Hall–Kier alpha value is -1.67. The number of aliphatic imine (C=N–C) groups is 1. The topological polar surface area (TPSA) is 38.7 Å². The lowest BCUT2D eigenvalue weighted by Gasteiger charge is -2.23. The lowest BCUT2D eigenvalue weighted by molar-refractivity contribution is 0.336. The number of nitrogens with zero attached hydrogens (tertiary/aromatic N) is 1. The molecule has 2 rings (SSSR count). The molecule has 0 aliphatic heterocycles. The number of isocyanates is 1. The van der Waals surface area contributed by atoms with Gasteiger partial charge >= 0.3 is 0 Å². The summed E-state index contributed by atoms with van der Waals surface area (Å²) in [7, 11) is 0. The molecular weight excluding hydrogens is 233 g/mol. The monoisotopic (exact) mass is 249 g/mol. The highest BCUT2D eigenvalue weighted by molar-refractivity contribution is 5.41. The normalized spacial score (nSPS) is 17.2. The van der Waals surface area contributed by atoms with Crippen molar-refractivity contribution in [3.05, 3.63) is 29.6 Å². The predicted molar refractivity (Wildman–Crippen MR) is 65.8 cm³/mol. The summed E-state index contributed by atoms with van der Waals surface area (Å²) in [4.78, 5) is 14.5. The van der Waals surface area contributed by atoms with Crippen molar-refractivity contribution in [2.45, 2.75) is 38.1 Å². The second-order valence-electron chi connectivity index (χ2n) is 4.52. The smallest absolute Gasteiger partial charge is 0.235 e. The molecule has 0 unspecified atom stereocenters. The number of ether oxygens (including phenoxy) is 1. The molecular formula is C14H16FNO2. The molecule has 1 aromatic carbocycles. The zero-order chi connectivity index (χ0) is 13.0. The molecule has 0 bridgehead atoms. The van der Waals surface area contributed by atoms with Gasteiger partial charge in [0, 0.05) is 11.6 Å². The van der Waals surface area contributed by atoms with E-state index in [0.717, 1.165) is 12.8 Å². The average Bonchev–Trinajstić information content (AvgIpc) is 2.79. The molecule has 0 spiro atoms. The first kappa shape index (κ1) is 12.8. The van der Waals surface area contributed by atoms with E-state index in [1.54, 1.807) is 18.2 Å². The Balaban J connectivity index is 2.39. The van der Waals surface area contributed by atoms with Gasteiger partial charge in [0.05, 0.1) is 6.61 Å². The van der Waals surface area contributed by atoms with E-state index in [-0.39, 0.29) is 5.82 Å². The Morgan fingerprint density at radius 1 is 1.44 bits per heavy atom. The number of hydrogen-bond acceptors (Lipinski definition) is 3. The molecule has 18 heavy (non-hydrogen) atoms. The first-order valence-corrected chi connectivity index (χ1v) is 6.24. The van der Waals surface area contributed by atoms with Crippen molar-refractivity contribution in [2.75, 3.05) is 6.61 Å². The van der Waals surface area contributed by atoms with E-state index < -0.39 is 5.54 Å². The molecule has 1 aliphatic rings. The fraction of sp³-hybridized carbons (Fsp3) is 0.500. The van der Waals surface area contributed by atoms with E-state index in [9.17, 15) is 9.18 Å². The molecule has 1 saturated carbocycles. The second-order valence-corrected chi connectivity index (χ2v) is 4.52. The van der Waals surface area contributed by atoms with Crippen LogP contribution in [0.5, 0.6) is 5.75 Å².